The molecule has 1 aromatic carbocycles. The first kappa shape index (κ1) is 16.8. The topological polar surface area (TPSA) is 56.1 Å². The highest BCUT2D eigenvalue weighted by atomic mass is 19.4. The molecule has 1 N–H and O–H groups in total. The molecule has 0 aliphatic heterocycles. The Morgan fingerprint density at radius 2 is 2.10 bits per heavy atom. The molecule has 1 rings (SSSR count). The molecule has 1 amide bonds. The summed E-state index contributed by atoms with van der Waals surface area (Å²) < 4.78 is 38.7. The normalized spacial score (nSPS) is 12.4. The van der Waals surface area contributed by atoms with Crippen LogP contribution >= 0.6 is 0 Å². The number of nitrogens with one attached hydrogen (secondary N) is 1. The van der Waals surface area contributed by atoms with Gasteiger partial charge in [-0.3, -0.25) is 4.79 Å². The lowest BCUT2D eigenvalue weighted by molar-refractivity contribution is -0.137. The number of benzene rings is 1. The predicted octanol–water partition coefficient (Wildman–Crippen LogP) is 2.40. The second-order valence-corrected chi connectivity index (χ2v) is 4.74. The van der Waals surface area contributed by atoms with Gasteiger partial charge in [0.25, 0.3) is 0 Å². The molecule has 0 saturated carbocycles. The first-order chi connectivity index (χ1) is 9.70. The molecule has 0 heterocycles. The van der Waals surface area contributed by atoms with Gasteiger partial charge < -0.3 is 10.2 Å². The van der Waals surface area contributed by atoms with Crippen LogP contribution in [0.5, 0.6) is 0 Å². The average Bonchev–Trinajstić information content (AvgIpc) is 2.44. The number of alkyl halides is 3. The third kappa shape index (κ3) is 4.12. The highest BCUT2D eigenvalue weighted by molar-refractivity contribution is 5.78. The number of carbonyl (C=O) groups is 1. The molecule has 0 aliphatic carbocycles. The van der Waals surface area contributed by atoms with Crippen molar-refractivity contribution >= 4 is 11.6 Å². The smallest absolute Gasteiger partial charge is 0.374 e. The summed E-state index contributed by atoms with van der Waals surface area (Å²) in [4.78, 5) is 13.0. The molecule has 1 aromatic rings. The van der Waals surface area contributed by atoms with E-state index in [1.54, 1.807) is 18.9 Å². The van der Waals surface area contributed by atoms with E-state index in [1.165, 1.54) is 19.2 Å². The van der Waals surface area contributed by atoms with Crippen LogP contribution in [0.2, 0.25) is 0 Å². The highest BCUT2D eigenvalue weighted by Gasteiger charge is 2.34. The van der Waals surface area contributed by atoms with E-state index in [1.807, 2.05) is 0 Å². The molecule has 0 bridgehead atoms. The van der Waals surface area contributed by atoms with Crippen LogP contribution in [0, 0.1) is 17.2 Å². The number of hydrogen-bond donors (Lipinski definition) is 1. The van der Waals surface area contributed by atoms with Gasteiger partial charge in [0.1, 0.15) is 0 Å². The second kappa shape index (κ2) is 6.48. The summed E-state index contributed by atoms with van der Waals surface area (Å²) in [5, 5.41) is 11.2. The van der Waals surface area contributed by atoms with Crippen molar-refractivity contribution in [3.63, 3.8) is 0 Å². The number of carbonyl (C=O) groups excluding carboxylic acids is 1. The number of amides is 1. The van der Waals surface area contributed by atoms with Crippen molar-refractivity contribution in [1.82, 2.24) is 5.32 Å². The van der Waals surface area contributed by atoms with Crippen molar-refractivity contribution in [3.05, 3.63) is 29.3 Å². The van der Waals surface area contributed by atoms with Crippen molar-refractivity contribution in [3.8, 4) is 6.07 Å². The number of halogens is 3. The Labute approximate surface area is 121 Å². The van der Waals surface area contributed by atoms with Gasteiger partial charge >= 0.3 is 6.18 Å². The second-order valence-electron chi connectivity index (χ2n) is 4.74. The summed E-state index contributed by atoms with van der Waals surface area (Å²) in [6.45, 7) is 1.95. The van der Waals surface area contributed by atoms with Crippen LogP contribution in [0.25, 0.3) is 0 Å². The fourth-order valence-corrected chi connectivity index (χ4v) is 1.95. The Morgan fingerprint density at radius 3 is 2.57 bits per heavy atom. The maximum absolute atomic E-state index is 12.9. The molecule has 4 nitrogen and oxygen atoms in total. The van der Waals surface area contributed by atoms with Crippen molar-refractivity contribution in [2.75, 3.05) is 25.5 Å². The molecule has 0 radical (unpaired) electrons. The Hall–Kier alpha value is -2.23. The number of anilines is 1. The quantitative estimate of drug-likeness (QED) is 0.929. The van der Waals surface area contributed by atoms with Gasteiger partial charge in [0.05, 0.1) is 23.1 Å². The predicted molar refractivity (Wildman–Crippen MR) is 72.7 cm³/mol. The van der Waals surface area contributed by atoms with Gasteiger partial charge in [0, 0.05) is 26.3 Å². The Morgan fingerprint density at radius 1 is 1.48 bits per heavy atom. The van der Waals surface area contributed by atoms with E-state index < -0.39 is 17.3 Å². The van der Waals surface area contributed by atoms with Crippen molar-refractivity contribution in [2.24, 2.45) is 5.92 Å². The van der Waals surface area contributed by atoms with E-state index in [4.69, 9.17) is 5.26 Å². The number of nitriles is 1. The maximum atomic E-state index is 12.9. The summed E-state index contributed by atoms with van der Waals surface area (Å²) >= 11 is 0. The van der Waals surface area contributed by atoms with E-state index in [0.717, 1.165) is 12.1 Å². The highest BCUT2D eigenvalue weighted by Crippen LogP contribution is 2.34. The lowest BCUT2D eigenvalue weighted by atomic mass is 10.1. The van der Waals surface area contributed by atoms with Gasteiger partial charge in [-0.25, -0.2) is 0 Å². The van der Waals surface area contributed by atoms with Crippen LogP contribution in [-0.2, 0) is 11.0 Å². The zero-order valence-electron chi connectivity index (χ0n) is 12.0. The first-order valence-electron chi connectivity index (χ1n) is 6.24. The van der Waals surface area contributed by atoms with Crippen molar-refractivity contribution in [2.45, 2.75) is 13.1 Å². The number of nitrogens with zero attached hydrogens (tertiary/aromatic N) is 2. The van der Waals surface area contributed by atoms with Crippen LogP contribution in [0.3, 0.4) is 0 Å². The van der Waals surface area contributed by atoms with Gasteiger partial charge in [0.2, 0.25) is 5.91 Å². The fraction of sp³-hybridized carbons (Fsp3) is 0.429. The molecule has 7 heteroatoms. The minimum absolute atomic E-state index is 0.188. The summed E-state index contributed by atoms with van der Waals surface area (Å²) in [7, 11) is 3.10. The number of hydrogen-bond acceptors (Lipinski definition) is 3. The van der Waals surface area contributed by atoms with Gasteiger partial charge in [-0.15, -0.1) is 0 Å². The molecule has 0 aromatic heterocycles. The fourth-order valence-electron chi connectivity index (χ4n) is 1.95. The largest absolute Gasteiger partial charge is 0.417 e. The summed E-state index contributed by atoms with van der Waals surface area (Å²) in [6, 6.07) is 5.03. The van der Waals surface area contributed by atoms with Crippen LogP contribution < -0.4 is 10.2 Å². The van der Waals surface area contributed by atoms with Crippen molar-refractivity contribution < 1.29 is 18.0 Å². The lowest BCUT2D eigenvalue weighted by Crippen LogP contribution is -2.34. The third-order valence-corrected chi connectivity index (χ3v) is 3.11. The molecular formula is C14H16F3N3O. The van der Waals surface area contributed by atoms with E-state index in [2.05, 4.69) is 5.32 Å². The standard InChI is InChI=1S/C14H16F3N3O/c1-9(13(21)19-2)8-20(3)11-5-4-10(7-18)12(6-11)14(15,16)17/h4-6,9H,8H2,1-3H3,(H,19,21). The minimum atomic E-state index is -4.59. The van der Waals surface area contributed by atoms with Crippen molar-refractivity contribution in [1.29, 1.82) is 5.26 Å². The van der Waals surface area contributed by atoms with Gasteiger partial charge in [-0.2, -0.15) is 18.4 Å². The number of rotatable bonds is 4. The van der Waals surface area contributed by atoms with Gasteiger partial charge in [0.15, 0.2) is 0 Å². The zero-order chi connectivity index (χ0) is 16.2. The SMILES string of the molecule is CNC(=O)C(C)CN(C)c1ccc(C#N)c(C(F)(F)F)c1. The lowest BCUT2D eigenvalue weighted by Gasteiger charge is -2.23. The first-order valence-corrected chi connectivity index (χ1v) is 6.24. The minimum Gasteiger partial charge on any atom is -0.374 e. The molecule has 0 saturated heterocycles. The van der Waals surface area contributed by atoms with E-state index >= 15 is 0 Å². The Bertz CT molecular complexity index is 564. The van der Waals surface area contributed by atoms with Crippen LogP contribution in [0.1, 0.15) is 18.1 Å². The monoisotopic (exact) mass is 299 g/mol. The van der Waals surface area contributed by atoms with Crippen LogP contribution in [0.15, 0.2) is 18.2 Å². The molecule has 0 spiro atoms. The third-order valence-electron chi connectivity index (χ3n) is 3.11. The molecule has 0 aliphatic rings. The van der Waals surface area contributed by atoms with Crippen LogP contribution in [-0.4, -0.2) is 26.5 Å². The molecule has 1 unspecified atom stereocenters. The summed E-state index contributed by atoms with van der Waals surface area (Å²) in [5.41, 5.74) is -1.09. The molecule has 114 valence electrons. The average molecular weight is 299 g/mol. The Balaban J connectivity index is 3.04. The van der Waals surface area contributed by atoms with Crippen LogP contribution in [0.4, 0.5) is 18.9 Å². The summed E-state index contributed by atoms with van der Waals surface area (Å²) in [5.74, 6) is -0.559. The molecule has 1 atom stereocenters. The summed E-state index contributed by atoms with van der Waals surface area (Å²) in [6.07, 6.45) is -4.59. The Kier molecular flexibility index (Phi) is 5.19. The molecular weight excluding hydrogens is 283 g/mol. The van der Waals surface area contributed by atoms with E-state index in [-0.39, 0.29) is 18.4 Å². The zero-order valence-corrected chi connectivity index (χ0v) is 12.0. The maximum Gasteiger partial charge on any atom is 0.417 e. The van der Waals surface area contributed by atoms with E-state index in [9.17, 15) is 18.0 Å². The molecule has 0 fully saturated rings. The molecule has 21 heavy (non-hydrogen) atoms. The van der Waals surface area contributed by atoms with Gasteiger partial charge in [-0.05, 0) is 18.2 Å². The van der Waals surface area contributed by atoms with Gasteiger partial charge in [-0.1, -0.05) is 6.92 Å². The van der Waals surface area contributed by atoms with E-state index in [0.29, 0.717) is 5.69 Å².